The summed E-state index contributed by atoms with van der Waals surface area (Å²) in [6.07, 6.45) is 5.50. The predicted molar refractivity (Wildman–Crippen MR) is 236 cm³/mol. The molecule has 2 atom stereocenters. The Morgan fingerprint density at radius 1 is 0.862 bits per heavy atom. The van der Waals surface area contributed by atoms with E-state index in [2.05, 4.69) is 41.5 Å². The van der Waals surface area contributed by atoms with E-state index in [1.807, 2.05) is 18.2 Å². The van der Waals surface area contributed by atoms with Gasteiger partial charge in [0.1, 0.15) is 23.8 Å². The highest BCUT2D eigenvalue weighted by Crippen LogP contribution is 2.33. The second-order valence-electron chi connectivity index (χ2n) is 16.1. The van der Waals surface area contributed by atoms with Gasteiger partial charge in [-0.1, -0.05) is 6.07 Å². The number of hydrogen-bond acceptors (Lipinski definition) is 16. The first-order valence-corrected chi connectivity index (χ1v) is 21.7. The molecule has 3 aromatic heterocycles. The highest BCUT2D eigenvalue weighted by molar-refractivity contribution is 6.25. The first kappa shape index (κ1) is 46.8. The Balaban J connectivity index is 0.706. The van der Waals surface area contributed by atoms with E-state index in [4.69, 9.17) is 23.7 Å². The first-order valence-electron chi connectivity index (χ1n) is 21.7. The Kier molecular flexibility index (Phi) is 15.9. The van der Waals surface area contributed by atoms with Crippen molar-refractivity contribution in [2.24, 2.45) is 0 Å². The molecule has 0 spiro atoms. The molecule has 5 amide bonds. The van der Waals surface area contributed by atoms with Gasteiger partial charge >= 0.3 is 0 Å². The SMILES string of the molecule is CC(C)(OCCOCCOCCOCCOCCNc1cccc2c1C(=O)N(C1CCC(=O)NC1=O)C2=O)C(F)CNC(=O)c1cnc(Nc2ccc3cnccc3n2)cc1NC1CC1. The van der Waals surface area contributed by atoms with Gasteiger partial charge in [0, 0.05) is 54.7 Å². The van der Waals surface area contributed by atoms with E-state index in [1.54, 1.807) is 44.4 Å². The number of benzene rings is 1. The molecule has 65 heavy (non-hydrogen) atoms. The summed E-state index contributed by atoms with van der Waals surface area (Å²) in [6.45, 7) is 6.02. The molecule has 1 saturated carbocycles. The smallest absolute Gasteiger partial charge is 0.264 e. The van der Waals surface area contributed by atoms with Crippen LogP contribution in [0.15, 0.2) is 61.1 Å². The van der Waals surface area contributed by atoms with Crippen molar-refractivity contribution in [1.82, 2.24) is 30.5 Å². The van der Waals surface area contributed by atoms with Crippen LogP contribution >= 0.6 is 0 Å². The number of rotatable bonds is 26. The Labute approximate surface area is 374 Å². The molecule has 0 radical (unpaired) electrons. The Morgan fingerprint density at radius 2 is 1.58 bits per heavy atom. The van der Waals surface area contributed by atoms with Crippen molar-refractivity contribution in [3.8, 4) is 0 Å². The van der Waals surface area contributed by atoms with Crippen molar-refractivity contribution >= 4 is 63.4 Å². The normalized spacial score (nSPS) is 16.7. The molecule has 5 N–H and O–H groups in total. The average molecular weight is 900 g/mol. The number of ether oxygens (including phenoxy) is 5. The maximum Gasteiger partial charge on any atom is 0.264 e. The largest absolute Gasteiger partial charge is 0.382 e. The number of pyridine rings is 3. The zero-order valence-corrected chi connectivity index (χ0v) is 36.4. The van der Waals surface area contributed by atoms with Gasteiger partial charge < -0.3 is 45.0 Å². The molecule has 3 aliphatic rings. The van der Waals surface area contributed by atoms with Gasteiger partial charge in [0.25, 0.3) is 17.7 Å². The van der Waals surface area contributed by atoms with E-state index in [9.17, 15) is 24.0 Å². The number of fused-ring (bicyclic) bond motifs is 2. The third-order valence-electron chi connectivity index (χ3n) is 10.9. The molecule has 2 unspecified atom stereocenters. The number of piperidine rings is 1. The van der Waals surface area contributed by atoms with Crippen LogP contribution in [0.5, 0.6) is 0 Å². The van der Waals surface area contributed by atoms with Crippen molar-refractivity contribution in [3.63, 3.8) is 0 Å². The van der Waals surface area contributed by atoms with E-state index in [-0.39, 0.29) is 49.8 Å². The molecule has 19 nitrogen and oxygen atoms in total. The van der Waals surface area contributed by atoms with E-state index in [1.165, 1.54) is 12.3 Å². The first-order chi connectivity index (χ1) is 31.5. The second kappa shape index (κ2) is 22.1. The summed E-state index contributed by atoms with van der Waals surface area (Å²) in [7, 11) is 0. The lowest BCUT2D eigenvalue weighted by molar-refractivity contribution is -0.136. The number of nitrogens with zero attached hydrogens (tertiary/aromatic N) is 4. The number of imide groups is 2. The van der Waals surface area contributed by atoms with Gasteiger partial charge in [0.15, 0.2) is 0 Å². The number of aromatic nitrogens is 3. The van der Waals surface area contributed by atoms with E-state index in [0.29, 0.717) is 81.4 Å². The minimum atomic E-state index is -1.50. The minimum Gasteiger partial charge on any atom is -0.382 e. The lowest BCUT2D eigenvalue weighted by Crippen LogP contribution is -2.54. The summed E-state index contributed by atoms with van der Waals surface area (Å²) in [4.78, 5) is 77.5. The summed E-state index contributed by atoms with van der Waals surface area (Å²) < 4.78 is 43.4. The molecule has 2 aliphatic heterocycles. The number of hydrogen-bond donors (Lipinski definition) is 5. The van der Waals surface area contributed by atoms with Crippen LogP contribution in [-0.2, 0) is 33.3 Å². The van der Waals surface area contributed by atoms with Crippen LogP contribution in [-0.4, -0.2) is 146 Å². The molecule has 5 heterocycles. The van der Waals surface area contributed by atoms with Crippen molar-refractivity contribution in [2.45, 2.75) is 63.4 Å². The Morgan fingerprint density at radius 3 is 2.31 bits per heavy atom. The molecule has 1 aromatic carbocycles. The summed E-state index contributed by atoms with van der Waals surface area (Å²) in [5, 5.41) is 15.5. The second-order valence-corrected chi connectivity index (χ2v) is 16.1. The molecule has 1 saturated heterocycles. The van der Waals surface area contributed by atoms with Crippen LogP contribution in [0.1, 0.15) is 70.6 Å². The number of halogens is 1. The van der Waals surface area contributed by atoms with Crippen LogP contribution in [0.2, 0.25) is 0 Å². The van der Waals surface area contributed by atoms with Gasteiger partial charge in [-0.15, -0.1) is 0 Å². The fraction of sp³-hybridized carbons (Fsp3) is 0.467. The fourth-order valence-electron chi connectivity index (χ4n) is 7.10. The Bertz CT molecular complexity index is 2350. The standard InChI is InChI=1S/C45H54FN9O10/c1-45(2,36(46)27-50-41(57)31-26-49-38(24-34(31)51-29-7-8-29)53-37-10-6-28-25-47-13-12-32(28)52-37)65-23-22-64-21-20-63-19-18-62-17-16-61-15-14-48-33-5-3-4-30-40(33)44(60)55(43(30)59)35-9-11-39(56)54-42(35)58/h3-6,10,12-13,24-26,29,35-36,48H,7-9,11,14-23,27H2,1-2H3,(H,50,57)(H,54,56,58)(H2,49,51,52,53). The maximum atomic E-state index is 15.4. The van der Waals surface area contributed by atoms with Crippen LogP contribution in [0.4, 0.5) is 27.4 Å². The molecular formula is C45H54FN9O10. The van der Waals surface area contributed by atoms with Crippen LogP contribution in [0.25, 0.3) is 10.9 Å². The summed E-state index contributed by atoms with van der Waals surface area (Å²) in [6, 6.07) is 11.4. The zero-order valence-electron chi connectivity index (χ0n) is 36.4. The lowest BCUT2D eigenvalue weighted by atomic mass is 10.0. The third kappa shape index (κ3) is 12.5. The number of anilines is 4. The zero-order chi connectivity index (χ0) is 45.8. The van der Waals surface area contributed by atoms with Gasteiger partial charge in [-0.25, -0.2) is 14.4 Å². The number of nitrogens with one attached hydrogen (secondary N) is 5. The summed E-state index contributed by atoms with van der Waals surface area (Å²) >= 11 is 0. The van der Waals surface area contributed by atoms with Crippen molar-refractivity contribution in [3.05, 3.63) is 77.7 Å². The summed E-state index contributed by atoms with van der Waals surface area (Å²) in [5.74, 6) is -1.58. The number of amides is 5. The molecular weight excluding hydrogens is 846 g/mol. The highest BCUT2D eigenvalue weighted by Gasteiger charge is 2.45. The Hall–Kier alpha value is -6.19. The number of carbonyl (C=O) groups is 5. The summed E-state index contributed by atoms with van der Waals surface area (Å²) in [5.41, 5.74) is 1.34. The average Bonchev–Trinajstić information content (AvgIpc) is 4.08. The maximum absolute atomic E-state index is 15.4. The van der Waals surface area contributed by atoms with Gasteiger partial charge in [-0.05, 0) is 63.4 Å². The van der Waals surface area contributed by atoms with Gasteiger partial charge in [0.05, 0.1) is 99.5 Å². The van der Waals surface area contributed by atoms with Crippen LogP contribution < -0.4 is 26.6 Å². The third-order valence-corrected chi connectivity index (χ3v) is 10.9. The van der Waals surface area contributed by atoms with Gasteiger partial charge in [-0.2, -0.15) is 0 Å². The van der Waals surface area contributed by atoms with E-state index >= 15 is 4.39 Å². The fourth-order valence-corrected chi connectivity index (χ4v) is 7.10. The molecule has 0 bridgehead atoms. The van der Waals surface area contributed by atoms with Gasteiger partial charge in [0.2, 0.25) is 11.8 Å². The van der Waals surface area contributed by atoms with Crippen LogP contribution in [0, 0.1) is 0 Å². The number of alkyl halides is 1. The molecule has 1 aliphatic carbocycles. The molecule has 2 fully saturated rings. The highest BCUT2D eigenvalue weighted by atomic mass is 19.1. The quantitative estimate of drug-likeness (QED) is 0.0446. The molecule has 4 aromatic rings. The van der Waals surface area contributed by atoms with Gasteiger partial charge in [-0.3, -0.25) is 39.2 Å². The molecule has 20 heteroatoms. The van der Waals surface area contributed by atoms with Crippen molar-refractivity contribution in [2.75, 3.05) is 88.5 Å². The van der Waals surface area contributed by atoms with Crippen molar-refractivity contribution < 1.29 is 52.0 Å². The minimum absolute atomic E-state index is 0.0495. The number of carbonyl (C=O) groups excluding carboxylic acids is 5. The van der Waals surface area contributed by atoms with Crippen LogP contribution in [0.3, 0.4) is 0 Å². The lowest BCUT2D eigenvalue weighted by Gasteiger charge is -2.29. The van der Waals surface area contributed by atoms with E-state index in [0.717, 1.165) is 28.6 Å². The molecule has 7 rings (SSSR count). The topological polar surface area (TPSA) is 234 Å². The molecule has 346 valence electrons. The predicted octanol–water partition coefficient (Wildman–Crippen LogP) is 3.79. The van der Waals surface area contributed by atoms with E-state index < -0.39 is 47.4 Å². The van der Waals surface area contributed by atoms with Crippen molar-refractivity contribution in [1.29, 1.82) is 0 Å². The monoisotopic (exact) mass is 899 g/mol.